The molecular formula is C16H12ClFO2. The van der Waals surface area contributed by atoms with E-state index in [0.29, 0.717) is 5.02 Å². The summed E-state index contributed by atoms with van der Waals surface area (Å²) >= 11 is 5.88. The fraction of sp³-hybridized carbons (Fsp3) is 0.125. The van der Waals surface area contributed by atoms with E-state index in [-0.39, 0.29) is 28.9 Å². The molecule has 0 aliphatic rings. The summed E-state index contributed by atoms with van der Waals surface area (Å²) in [4.78, 5) is 24.3. The fourth-order valence-electron chi connectivity index (χ4n) is 1.93. The molecule has 0 aliphatic heterocycles. The molecule has 102 valence electrons. The Labute approximate surface area is 121 Å². The number of carbonyl (C=O) groups excluding carboxylic acids is 2. The standard InChI is InChI=1S/C16H12ClFO2/c1-2-15(19)11-8-7-10(17)9-13(11)16(20)12-5-3-4-6-14(12)18/h3-9H,2H2,1H3. The van der Waals surface area contributed by atoms with E-state index in [0.717, 1.165) is 0 Å². The zero-order chi connectivity index (χ0) is 14.7. The smallest absolute Gasteiger partial charge is 0.196 e. The first-order chi connectivity index (χ1) is 9.54. The van der Waals surface area contributed by atoms with E-state index >= 15 is 0 Å². The Balaban J connectivity index is 2.57. The Bertz CT molecular complexity index is 680. The molecule has 0 unspecified atom stereocenters. The molecule has 4 heteroatoms. The average molecular weight is 291 g/mol. The Morgan fingerprint density at radius 3 is 2.40 bits per heavy atom. The summed E-state index contributed by atoms with van der Waals surface area (Å²) in [7, 11) is 0. The van der Waals surface area contributed by atoms with Gasteiger partial charge in [0.25, 0.3) is 0 Å². The van der Waals surface area contributed by atoms with Crippen LogP contribution in [-0.4, -0.2) is 11.6 Å². The van der Waals surface area contributed by atoms with Gasteiger partial charge in [0.15, 0.2) is 11.6 Å². The van der Waals surface area contributed by atoms with Crippen molar-refractivity contribution in [2.24, 2.45) is 0 Å². The van der Waals surface area contributed by atoms with Crippen LogP contribution >= 0.6 is 11.6 Å². The van der Waals surface area contributed by atoms with Crippen molar-refractivity contribution in [2.45, 2.75) is 13.3 Å². The van der Waals surface area contributed by atoms with Gasteiger partial charge in [-0.05, 0) is 30.3 Å². The molecule has 0 bridgehead atoms. The summed E-state index contributed by atoms with van der Waals surface area (Å²) < 4.78 is 13.7. The van der Waals surface area contributed by atoms with Gasteiger partial charge in [-0.15, -0.1) is 0 Å². The van der Waals surface area contributed by atoms with E-state index in [1.165, 1.54) is 30.3 Å². The molecular weight excluding hydrogens is 279 g/mol. The number of ketones is 2. The third-order valence-electron chi connectivity index (χ3n) is 2.97. The van der Waals surface area contributed by atoms with E-state index in [4.69, 9.17) is 11.6 Å². The van der Waals surface area contributed by atoms with Gasteiger partial charge in [-0.1, -0.05) is 30.7 Å². The quantitative estimate of drug-likeness (QED) is 0.787. The van der Waals surface area contributed by atoms with Gasteiger partial charge < -0.3 is 0 Å². The topological polar surface area (TPSA) is 34.1 Å². The van der Waals surface area contributed by atoms with Gasteiger partial charge in [-0.25, -0.2) is 4.39 Å². The lowest BCUT2D eigenvalue weighted by molar-refractivity contribution is 0.0971. The molecule has 20 heavy (non-hydrogen) atoms. The molecule has 0 saturated heterocycles. The van der Waals surface area contributed by atoms with Gasteiger partial charge in [-0.3, -0.25) is 9.59 Å². The minimum atomic E-state index is -0.618. The highest BCUT2D eigenvalue weighted by Crippen LogP contribution is 2.22. The SMILES string of the molecule is CCC(=O)c1ccc(Cl)cc1C(=O)c1ccccc1F. The van der Waals surface area contributed by atoms with Crippen molar-refractivity contribution in [3.63, 3.8) is 0 Å². The van der Waals surface area contributed by atoms with Crippen LogP contribution in [0, 0.1) is 5.82 Å². The van der Waals surface area contributed by atoms with Gasteiger partial charge in [0.05, 0.1) is 5.56 Å². The summed E-state index contributed by atoms with van der Waals surface area (Å²) in [5, 5.41) is 0.331. The zero-order valence-corrected chi connectivity index (χ0v) is 11.6. The van der Waals surface area contributed by atoms with E-state index < -0.39 is 11.6 Å². The van der Waals surface area contributed by atoms with Crippen LogP contribution in [0.2, 0.25) is 5.02 Å². The Kier molecular flexibility index (Phi) is 4.30. The molecule has 0 fully saturated rings. The second-order valence-electron chi connectivity index (χ2n) is 4.28. The van der Waals surface area contributed by atoms with E-state index in [1.54, 1.807) is 19.1 Å². The average Bonchev–Trinajstić information content (AvgIpc) is 2.46. The summed E-state index contributed by atoms with van der Waals surface area (Å²) in [6, 6.07) is 10.1. The maximum absolute atomic E-state index is 13.7. The molecule has 0 spiro atoms. The van der Waals surface area contributed by atoms with Crippen molar-refractivity contribution < 1.29 is 14.0 Å². The van der Waals surface area contributed by atoms with E-state index in [9.17, 15) is 14.0 Å². The van der Waals surface area contributed by atoms with Crippen LogP contribution in [0.25, 0.3) is 0 Å². The van der Waals surface area contributed by atoms with E-state index in [2.05, 4.69) is 0 Å². The van der Waals surface area contributed by atoms with Crippen LogP contribution in [-0.2, 0) is 0 Å². The van der Waals surface area contributed by atoms with Crippen LogP contribution < -0.4 is 0 Å². The van der Waals surface area contributed by atoms with Crippen LogP contribution in [0.3, 0.4) is 0 Å². The largest absolute Gasteiger partial charge is 0.294 e. The molecule has 0 saturated carbocycles. The number of hydrogen-bond donors (Lipinski definition) is 0. The third kappa shape index (κ3) is 2.78. The highest BCUT2D eigenvalue weighted by Gasteiger charge is 2.20. The van der Waals surface area contributed by atoms with Crippen molar-refractivity contribution in [1.29, 1.82) is 0 Å². The van der Waals surface area contributed by atoms with Crippen molar-refractivity contribution in [2.75, 3.05) is 0 Å². The van der Waals surface area contributed by atoms with Crippen molar-refractivity contribution in [1.82, 2.24) is 0 Å². The Hall–Kier alpha value is -2.00. The molecule has 0 aliphatic carbocycles. The number of benzene rings is 2. The number of rotatable bonds is 4. The van der Waals surface area contributed by atoms with E-state index in [1.807, 2.05) is 0 Å². The highest BCUT2D eigenvalue weighted by molar-refractivity contribution is 6.31. The molecule has 2 aromatic rings. The zero-order valence-electron chi connectivity index (χ0n) is 10.8. The summed E-state index contributed by atoms with van der Waals surface area (Å²) in [6.07, 6.45) is 0.263. The lowest BCUT2D eigenvalue weighted by atomic mass is 9.95. The van der Waals surface area contributed by atoms with Gasteiger partial charge >= 0.3 is 0 Å². The first-order valence-corrected chi connectivity index (χ1v) is 6.54. The minimum absolute atomic E-state index is 0.0695. The molecule has 2 rings (SSSR count). The molecule has 2 nitrogen and oxygen atoms in total. The van der Waals surface area contributed by atoms with Crippen LogP contribution in [0.15, 0.2) is 42.5 Å². The minimum Gasteiger partial charge on any atom is -0.294 e. The molecule has 2 aromatic carbocycles. The van der Waals surface area contributed by atoms with Crippen LogP contribution in [0.1, 0.15) is 39.6 Å². The lowest BCUT2D eigenvalue weighted by Crippen LogP contribution is -2.11. The predicted octanol–water partition coefficient (Wildman–Crippen LogP) is 4.30. The first kappa shape index (κ1) is 14.4. The molecule has 0 heterocycles. The normalized spacial score (nSPS) is 10.3. The van der Waals surface area contributed by atoms with Crippen LogP contribution in [0.4, 0.5) is 4.39 Å². The highest BCUT2D eigenvalue weighted by atomic mass is 35.5. The molecule has 0 N–H and O–H groups in total. The fourth-order valence-corrected chi connectivity index (χ4v) is 2.10. The Morgan fingerprint density at radius 1 is 1.05 bits per heavy atom. The van der Waals surface area contributed by atoms with Gasteiger partial charge in [-0.2, -0.15) is 0 Å². The monoisotopic (exact) mass is 290 g/mol. The maximum atomic E-state index is 13.7. The molecule has 0 amide bonds. The van der Waals surface area contributed by atoms with Gasteiger partial charge in [0.1, 0.15) is 5.82 Å². The van der Waals surface area contributed by atoms with Crippen molar-refractivity contribution >= 4 is 23.2 Å². The second-order valence-corrected chi connectivity index (χ2v) is 4.71. The van der Waals surface area contributed by atoms with Gasteiger partial charge in [0, 0.05) is 22.6 Å². The number of Topliss-reactive ketones (excluding diaryl/α,β-unsaturated/α-hetero) is 1. The third-order valence-corrected chi connectivity index (χ3v) is 3.20. The van der Waals surface area contributed by atoms with Crippen molar-refractivity contribution in [3.05, 3.63) is 70.0 Å². The predicted molar refractivity (Wildman–Crippen MR) is 75.9 cm³/mol. The summed E-state index contributed by atoms with van der Waals surface area (Å²) in [5.41, 5.74) is 0.333. The number of hydrogen-bond acceptors (Lipinski definition) is 2. The summed E-state index contributed by atoms with van der Waals surface area (Å²) in [5.74, 6) is -1.34. The first-order valence-electron chi connectivity index (χ1n) is 6.16. The number of carbonyl (C=O) groups is 2. The molecule has 0 atom stereocenters. The maximum Gasteiger partial charge on any atom is 0.196 e. The molecule has 0 radical (unpaired) electrons. The van der Waals surface area contributed by atoms with Gasteiger partial charge in [0.2, 0.25) is 0 Å². The lowest BCUT2D eigenvalue weighted by Gasteiger charge is -2.08. The van der Waals surface area contributed by atoms with Crippen molar-refractivity contribution in [3.8, 4) is 0 Å². The summed E-state index contributed by atoms with van der Waals surface area (Å²) in [6.45, 7) is 1.70. The number of halogens is 2. The molecule has 0 aromatic heterocycles. The van der Waals surface area contributed by atoms with Crippen LogP contribution in [0.5, 0.6) is 0 Å². The second kappa shape index (κ2) is 5.97. The Morgan fingerprint density at radius 2 is 1.75 bits per heavy atom.